The number of rotatable bonds is 10. The van der Waals surface area contributed by atoms with E-state index in [9.17, 15) is 19.5 Å². The van der Waals surface area contributed by atoms with E-state index >= 15 is 0 Å². The summed E-state index contributed by atoms with van der Waals surface area (Å²) >= 11 is 0. The molecule has 2 saturated carbocycles. The highest BCUT2D eigenvalue weighted by Gasteiger charge is 2.49. The summed E-state index contributed by atoms with van der Waals surface area (Å²) in [5.41, 5.74) is 1.10. The lowest BCUT2D eigenvalue weighted by Gasteiger charge is -2.40. The molecule has 8 heteroatoms. The molecule has 2 N–H and O–H groups in total. The molecule has 1 aliphatic heterocycles. The van der Waals surface area contributed by atoms with Gasteiger partial charge in [0.2, 0.25) is 11.8 Å². The average molecular weight is 597 g/mol. The molecule has 8 nitrogen and oxygen atoms in total. The van der Waals surface area contributed by atoms with Gasteiger partial charge in [0.25, 0.3) is 0 Å². The molecule has 4 unspecified atom stereocenters. The zero-order valence-electron chi connectivity index (χ0n) is 27.0. The Morgan fingerprint density at radius 2 is 1.79 bits per heavy atom. The number of aromatic hydroxyl groups is 1. The van der Waals surface area contributed by atoms with Crippen molar-refractivity contribution in [3.8, 4) is 11.5 Å². The third kappa shape index (κ3) is 7.55. The summed E-state index contributed by atoms with van der Waals surface area (Å²) in [6.07, 6.45) is 12.1. The number of carbonyl (C=O) groups excluding carboxylic acids is 3. The maximum absolute atomic E-state index is 14.0. The fraction of sp³-hybridized carbons (Fsp3) is 0.686. The van der Waals surface area contributed by atoms with Crippen molar-refractivity contribution >= 4 is 23.9 Å². The first kappa shape index (κ1) is 32.9. The van der Waals surface area contributed by atoms with E-state index in [1.54, 1.807) is 23.1 Å². The smallest absolute Gasteiger partial charge is 0.329 e. The molecule has 0 aromatic heterocycles. The summed E-state index contributed by atoms with van der Waals surface area (Å²) in [6, 6.07) is 3.51. The number of methoxy groups -OCH3 is 1. The van der Waals surface area contributed by atoms with E-state index in [1.807, 2.05) is 6.92 Å². The third-order valence-electron chi connectivity index (χ3n) is 10.9. The molecular weight excluding hydrogens is 544 g/mol. The molecule has 4 atom stereocenters. The van der Waals surface area contributed by atoms with Gasteiger partial charge in [0, 0.05) is 12.6 Å². The molecule has 0 radical (unpaired) electrons. The summed E-state index contributed by atoms with van der Waals surface area (Å²) in [6.45, 7) is 11.8. The van der Waals surface area contributed by atoms with Gasteiger partial charge < -0.3 is 24.8 Å². The van der Waals surface area contributed by atoms with Gasteiger partial charge in [0.15, 0.2) is 11.5 Å². The van der Waals surface area contributed by atoms with Crippen molar-refractivity contribution in [3.05, 3.63) is 29.8 Å². The average Bonchev–Trinajstić information content (AvgIpc) is 3.54. The van der Waals surface area contributed by atoms with Crippen LogP contribution in [0.4, 0.5) is 0 Å². The highest BCUT2D eigenvalue weighted by Crippen LogP contribution is 2.57. The van der Waals surface area contributed by atoms with E-state index < -0.39 is 12.1 Å². The van der Waals surface area contributed by atoms with Crippen LogP contribution in [0, 0.1) is 22.7 Å². The number of benzene rings is 1. The molecule has 1 aromatic rings. The molecule has 0 bridgehead atoms. The van der Waals surface area contributed by atoms with E-state index in [0.717, 1.165) is 51.4 Å². The van der Waals surface area contributed by atoms with Gasteiger partial charge in [0.1, 0.15) is 12.1 Å². The minimum atomic E-state index is -0.695. The van der Waals surface area contributed by atoms with Crippen LogP contribution < -0.4 is 10.1 Å². The Balaban J connectivity index is 1.42. The number of phenols is 1. The maximum atomic E-state index is 14.0. The largest absolute Gasteiger partial charge is 0.504 e. The predicted molar refractivity (Wildman–Crippen MR) is 167 cm³/mol. The fourth-order valence-corrected chi connectivity index (χ4v) is 7.38. The van der Waals surface area contributed by atoms with Crippen molar-refractivity contribution in [1.29, 1.82) is 0 Å². The Morgan fingerprint density at radius 1 is 1.07 bits per heavy atom. The summed E-state index contributed by atoms with van der Waals surface area (Å²) in [4.78, 5) is 42.2. The quantitative estimate of drug-likeness (QED) is 0.244. The molecule has 4 rings (SSSR count). The highest BCUT2D eigenvalue weighted by atomic mass is 16.5. The van der Waals surface area contributed by atoms with Crippen molar-refractivity contribution in [1.82, 2.24) is 10.2 Å². The number of esters is 1. The zero-order chi connectivity index (χ0) is 31.4. The lowest BCUT2D eigenvalue weighted by Crippen LogP contribution is -2.55. The molecule has 1 heterocycles. The molecule has 3 fully saturated rings. The van der Waals surface area contributed by atoms with Crippen LogP contribution >= 0.6 is 0 Å². The second kappa shape index (κ2) is 13.7. The summed E-state index contributed by atoms with van der Waals surface area (Å²) in [5, 5.41) is 12.8. The molecule has 2 amide bonds. The number of likely N-dealkylation sites (tertiary alicyclic amines) is 1. The minimum absolute atomic E-state index is 0.0199. The monoisotopic (exact) mass is 596 g/mol. The van der Waals surface area contributed by atoms with Crippen LogP contribution in [0.15, 0.2) is 24.3 Å². The molecule has 0 spiro atoms. The Kier molecular flexibility index (Phi) is 10.5. The predicted octanol–water partition coefficient (Wildman–Crippen LogP) is 6.25. The molecule has 43 heavy (non-hydrogen) atoms. The molecular formula is C35H52N2O6. The van der Waals surface area contributed by atoms with Crippen LogP contribution in [-0.2, 0) is 19.1 Å². The molecule has 238 valence electrons. The van der Waals surface area contributed by atoms with Crippen LogP contribution in [0.25, 0.3) is 6.08 Å². The first-order valence-electron chi connectivity index (χ1n) is 16.2. The first-order chi connectivity index (χ1) is 20.3. The van der Waals surface area contributed by atoms with Crippen LogP contribution in [0.3, 0.4) is 0 Å². The number of amides is 2. The van der Waals surface area contributed by atoms with Gasteiger partial charge in [-0.2, -0.15) is 0 Å². The SMILES string of the molecule is COc1cc(/C=C/C(=O)NC(C(=O)N2CCCC2C(=O)OC(C)CC2CCC(C)(C)C2(C)C)C2CCCCC2)ccc1O. The number of ether oxygens (including phenoxy) is 2. The van der Waals surface area contributed by atoms with E-state index in [1.165, 1.54) is 25.7 Å². The van der Waals surface area contributed by atoms with Crippen LogP contribution in [0.1, 0.15) is 104 Å². The third-order valence-corrected chi connectivity index (χ3v) is 10.9. The highest BCUT2D eigenvalue weighted by molar-refractivity contribution is 5.96. The zero-order valence-corrected chi connectivity index (χ0v) is 27.0. The van der Waals surface area contributed by atoms with Crippen LogP contribution in [0.5, 0.6) is 11.5 Å². The second-order valence-corrected chi connectivity index (χ2v) is 14.2. The Labute approximate surface area is 257 Å². The Bertz CT molecular complexity index is 1180. The van der Waals surface area contributed by atoms with Gasteiger partial charge >= 0.3 is 5.97 Å². The number of hydrogen-bond donors (Lipinski definition) is 2. The normalized spacial score (nSPS) is 24.9. The summed E-state index contributed by atoms with van der Waals surface area (Å²) in [7, 11) is 1.47. The van der Waals surface area contributed by atoms with Crippen LogP contribution in [0.2, 0.25) is 0 Å². The van der Waals surface area contributed by atoms with Gasteiger partial charge in [0.05, 0.1) is 13.2 Å². The van der Waals surface area contributed by atoms with Gasteiger partial charge in [-0.05, 0) is 98.3 Å². The summed E-state index contributed by atoms with van der Waals surface area (Å²) < 4.78 is 11.2. The molecule has 1 aromatic carbocycles. The second-order valence-electron chi connectivity index (χ2n) is 14.2. The Hall–Kier alpha value is -3.03. The van der Waals surface area contributed by atoms with Crippen molar-refractivity contribution < 1.29 is 29.0 Å². The molecule has 2 aliphatic carbocycles. The van der Waals surface area contributed by atoms with Crippen molar-refractivity contribution in [2.75, 3.05) is 13.7 Å². The van der Waals surface area contributed by atoms with E-state index in [2.05, 4.69) is 33.0 Å². The lowest BCUT2D eigenvalue weighted by atomic mass is 9.66. The van der Waals surface area contributed by atoms with Gasteiger partial charge in [-0.25, -0.2) is 4.79 Å². The number of carbonyl (C=O) groups is 3. The van der Waals surface area contributed by atoms with Crippen LogP contribution in [-0.4, -0.2) is 59.6 Å². The molecule has 3 aliphatic rings. The number of nitrogens with zero attached hydrogens (tertiary/aromatic N) is 1. The molecule has 1 saturated heterocycles. The Morgan fingerprint density at radius 3 is 2.44 bits per heavy atom. The first-order valence-corrected chi connectivity index (χ1v) is 16.2. The van der Waals surface area contributed by atoms with Gasteiger partial charge in [-0.1, -0.05) is 53.0 Å². The van der Waals surface area contributed by atoms with Crippen molar-refractivity contribution in [2.45, 2.75) is 117 Å². The maximum Gasteiger partial charge on any atom is 0.329 e. The van der Waals surface area contributed by atoms with E-state index in [4.69, 9.17) is 9.47 Å². The fourth-order valence-electron chi connectivity index (χ4n) is 7.38. The van der Waals surface area contributed by atoms with E-state index in [0.29, 0.717) is 30.2 Å². The number of phenolic OH excluding ortho intramolecular Hbond substituents is 1. The number of hydrogen-bond acceptors (Lipinski definition) is 6. The topological polar surface area (TPSA) is 105 Å². The van der Waals surface area contributed by atoms with Crippen molar-refractivity contribution in [3.63, 3.8) is 0 Å². The number of nitrogens with one attached hydrogen (secondary N) is 1. The van der Waals surface area contributed by atoms with Gasteiger partial charge in [-0.3, -0.25) is 9.59 Å². The summed E-state index contributed by atoms with van der Waals surface area (Å²) in [5.74, 6) is -0.0508. The van der Waals surface area contributed by atoms with Gasteiger partial charge in [-0.15, -0.1) is 0 Å². The minimum Gasteiger partial charge on any atom is -0.504 e. The lowest BCUT2D eigenvalue weighted by molar-refractivity contribution is -0.159. The standard InChI is InChI=1S/C35H52N2O6/c1-23(21-26-18-19-34(2,3)35(26,4)5)43-33(41)27-13-10-20-37(27)32(40)31(25-11-8-7-9-12-25)36-30(39)17-15-24-14-16-28(38)29(22-24)42-6/h14-17,22-23,25-27,31,38H,7-13,18-21H2,1-6H3,(H,36,39)/b17-15+. The van der Waals surface area contributed by atoms with Crippen molar-refractivity contribution in [2.24, 2.45) is 22.7 Å². The van der Waals surface area contributed by atoms with E-state index in [-0.39, 0.29) is 46.4 Å².